The van der Waals surface area contributed by atoms with Gasteiger partial charge in [0.1, 0.15) is 29.6 Å². The van der Waals surface area contributed by atoms with E-state index in [0.717, 1.165) is 44.9 Å². The van der Waals surface area contributed by atoms with Crippen molar-refractivity contribution >= 4 is 45.8 Å². The van der Waals surface area contributed by atoms with Crippen LogP contribution in [0.5, 0.6) is 0 Å². The van der Waals surface area contributed by atoms with Crippen LogP contribution in [-0.2, 0) is 23.1 Å². The first-order valence-corrected chi connectivity index (χ1v) is 12.2. The summed E-state index contributed by atoms with van der Waals surface area (Å²) in [4.78, 5) is 34.0. The molecular weight excluding hydrogens is 464 g/mol. The lowest BCUT2D eigenvalue weighted by Gasteiger charge is -2.20. The molecule has 1 amide bonds. The number of imidazole rings is 1. The van der Waals surface area contributed by atoms with Gasteiger partial charge in [-0.15, -0.1) is 0 Å². The minimum Gasteiger partial charge on any atom is -0.342 e. The highest BCUT2D eigenvalue weighted by molar-refractivity contribution is 6.06. The third-order valence-corrected chi connectivity index (χ3v) is 7.30. The number of pyridine rings is 1. The van der Waals surface area contributed by atoms with Crippen LogP contribution in [0.25, 0.3) is 11.0 Å². The molecule has 0 bridgehead atoms. The number of H-pyrrole nitrogens is 1. The van der Waals surface area contributed by atoms with E-state index in [1.54, 1.807) is 6.20 Å². The zero-order chi connectivity index (χ0) is 25.1. The van der Waals surface area contributed by atoms with Gasteiger partial charge in [0.25, 0.3) is 0 Å². The number of carbonyl (C=O) groups excluding carboxylic acids is 1. The van der Waals surface area contributed by atoms with Crippen LogP contribution in [0.3, 0.4) is 0 Å². The Morgan fingerprint density at radius 3 is 2.57 bits per heavy atom. The second-order valence-electron chi connectivity index (χ2n) is 9.82. The van der Waals surface area contributed by atoms with Gasteiger partial charge in [-0.1, -0.05) is 12.1 Å². The fraction of sp³-hybridized carbons (Fsp3) is 0.179. The molecule has 0 saturated heterocycles. The van der Waals surface area contributed by atoms with E-state index in [4.69, 9.17) is 0 Å². The van der Waals surface area contributed by atoms with Crippen LogP contribution in [0.2, 0.25) is 0 Å². The maximum absolute atomic E-state index is 13.0. The standard InChI is InChI=1S/C28H24N8O/c1-15-8-20(10-22-25(15)33-16(2)32-22)35-24-11-23(30-14-31-24)34-19-6-5-17-12-28(13-18(17)9-19)21-4-3-7-29-26(21)36-27(28)37/h3-11,14H,12-13H2,1-2H3,(H,32,33)(H,29,36,37)(H2,30,31,34,35). The van der Waals surface area contributed by atoms with Gasteiger partial charge in [0, 0.05) is 29.2 Å². The SMILES string of the molecule is Cc1nc2cc(Nc3cc(Nc4ccc5c(c4)CC4(C5)C(=O)Nc5ncccc54)ncn3)cc(C)c2[nH]1. The van der Waals surface area contributed by atoms with Crippen molar-refractivity contribution in [3.63, 3.8) is 0 Å². The van der Waals surface area contributed by atoms with Crippen LogP contribution in [0.15, 0.2) is 61.1 Å². The van der Waals surface area contributed by atoms with Crippen molar-refractivity contribution in [3.8, 4) is 0 Å². The number of aromatic amines is 1. The highest BCUT2D eigenvalue weighted by atomic mass is 16.2. The highest BCUT2D eigenvalue weighted by Gasteiger charge is 2.51. The quantitative estimate of drug-likeness (QED) is 0.286. The summed E-state index contributed by atoms with van der Waals surface area (Å²) in [5.74, 6) is 2.94. The normalized spacial score (nSPS) is 17.6. The lowest BCUT2D eigenvalue weighted by atomic mass is 9.79. The van der Waals surface area contributed by atoms with Crippen molar-refractivity contribution in [1.82, 2.24) is 24.9 Å². The summed E-state index contributed by atoms with van der Waals surface area (Å²) in [5, 5.41) is 9.72. The molecule has 0 saturated carbocycles. The second kappa shape index (κ2) is 7.86. The molecule has 2 aromatic carbocycles. The third-order valence-electron chi connectivity index (χ3n) is 7.30. The molecule has 1 aliphatic heterocycles. The van der Waals surface area contributed by atoms with Gasteiger partial charge in [-0.25, -0.2) is 19.9 Å². The van der Waals surface area contributed by atoms with Gasteiger partial charge in [-0.3, -0.25) is 4.79 Å². The fourth-order valence-electron chi connectivity index (χ4n) is 5.62. The van der Waals surface area contributed by atoms with Gasteiger partial charge in [-0.2, -0.15) is 0 Å². The number of fused-ring (bicyclic) bond motifs is 4. The zero-order valence-electron chi connectivity index (χ0n) is 20.4. The lowest BCUT2D eigenvalue weighted by molar-refractivity contribution is -0.120. The number of rotatable bonds is 4. The number of aromatic nitrogens is 5. The molecule has 182 valence electrons. The smallest absolute Gasteiger partial charge is 0.237 e. The molecule has 9 nitrogen and oxygen atoms in total. The molecule has 2 aliphatic rings. The second-order valence-corrected chi connectivity index (χ2v) is 9.82. The first-order chi connectivity index (χ1) is 18.0. The third kappa shape index (κ3) is 3.50. The molecular formula is C28H24N8O. The molecule has 1 unspecified atom stereocenters. The Balaban J connectivity index is 1.12. The maximum Gasteiger partial charge on any atom is 0.237 e. The molecule has 3 aromatic heterocycles. The van der Waals surface area contributed by atoms with E-state index in [9.17, 15) is 4.79 Å². The summed E-state index contributed by atoms with van der Waals surface area (Å²) in [5.41, 5.74) is 7.63. The van der Waals surface area contributed by atoms with Gasteiger partial charge in [-0.05, 0) is 73.7 Å². The van der Waals surface area contributed by atoms with E-state index in [1.165, 1.54) is 11.9 Å². The maximum atomic E-state index is 13.0. The number of anilines is 5. The van der Waals surface area contributed by atoms with Crippen LogP contribution < -0.4 is 16.0 Å². The van der Waals surface area contributed by atoms with Crippen molar-refractivity contribution in [1.29, 1.82) is 0 Å². The average Bonchev–Trinajstić information content (AvgIpc) is 3.53. The summed E-state index contributed by atoms with van der Waals surface area (Å²) < 4.78 is 0. The number of nitrogens with zero attached hydrogens (tertiary/aromatic N) is 4. The van der Waals surface area contributed by atoms with Gasteiger partial charge in [0.05, 0.1) is 16.4 Å². The van der Waals surface area contributed by atoms with E-state index >= 15 is 0 Å². The predicted molar refractivity (Wildman–Crippen MR) is 143 cm³/mol. The predicted octanol–water partition coefficient (Wildman–Crippen LogP) is 4.84. The molecule has 7 rings (SSSR count). The van der Waals surface area contributed by atoms with Crippen molar-refractivity contribution in [2.24, 2.45) is 0 Å². The van der Waals surface area contributed by atoms with E-state index in [1.807, 2.05) is 37.3 Å². The number of hydrogen-bond acceptors (Lipinski definition) is 7. The molecule has 4 heterocycles. The minimum atomic E-state index is -0.581. The summed E-state index contributed by atoms with van der Waals surface area (Å²) in [7, 11) is 0. The zero-order valence-corrected chi connectivity index (χ0v) is 20.4. The van der Waals surface area contributed by atoms with Crippen molar-refractivity contribution in [3.05, 3.63) is 89.1 Å². The average molecular weight is 489 g/mol. The first kappa shape index (κ1) is 21.5. The molecule has 0 fully saturated rings. The van der Waals surface area contributed by atoms with Crippen molar-refractivity contribution < 1.29 is 4.79 Å². The number of amides is 1. The fourth-order valence-corrected chi connectivity index (χ4v) is 5.62. The molecule has 5 aromatic rings. The van der Waals surface area contributed by atoms with Gasteiger partial charge < -0.3 is 20.9 Å². The lowest BCUT2D eigenvalue weighted by Crippen LogP contribution is -2.35. The monoisotopic (exact) mass is 488 g/mol. The van der Waals surface area contributed by atoms with Gasteiger partial charge in [0.2, 0.25) is 5.91 Å². The number of benzene rings is 2. The van der Waals surface area contributed by atoms with Gasteiger partial charge in [0.15, 0.2) is 0 Å². The van der Waals surface area contributed by atoms with Crippen molar-refractivity contribution in [2.45, 2.75) is 32.1 Å². The Kier molecular flexibility index (Phi) is 4.56. The highest BCUT2D eigenvalue weighted by Crippen LogP contribution is 2.47. The van der Waals surface area contributed by atoms with Crippen LogP contribution in [0.4, 0.5) is 28.8 Å². The van der Waals surface area contributed by atoms with E-state index in [0.29, 0.717) is 30.3 Å². The molecule has 4 N–H and O–H groups in total. The Labute approximate surface area is 212 Å². The van der Waals surface area contributed by atoms with Crippen LogP contribution in [0, 0.1) is 13.8 Å². The summed E-state index contributed by atoms with van der Waals surface area (Å²) in [6.07, 6.45) is 4.57. The molecule has 1 atom stereocenters. The summed E-state index contributed by atoms with van der Waals surface area (Å²) in [6, 6.07) is 16.1. The van der Waals surface area contributed by atoms with E-state index in [-0.39, 0.29) is 5.91 Å². The number of hydrogen-bond donors (Lipinski definition) is 4. The molecule has 9 heteroatoms. The molecule has 1 spiro atoms. The molecule has 1 aliphatic carbocycles. The number of carbonyl (C=O) groups is 1. The van der Waals surface area contributed by atoms with Crippen LogP contribution >= 0.6 is 0 Å². The van der Waals surface area contributed by atoms with E-state index in [2.05, 4.69) is 66.0 Å². The first-order valence-electron chi connectivity index (χ1n) is 12.2. The Morgan fingerprint density at radius 1 is 0.892 bits per heavy atom. The minimum absolute atomic E-state index is 0.0249. The Bertz CT molecular complexity index is 1730. The summed E-state index contributed by atoms with van der Waals surface area (Å²) >= 11 is 0. The Morgan fingerprint density at radius 2 is 1.70 bits per heavy atom. The van der Waals surface area contributed by atoms with Crippen LogP contribution in [0.1, 0.15) is 28.1 Å². The van der Waals surface area contributed by atoms with Crippen LogP contribution in [-0.4, -0.2) is 30.8 Å². The Hall–Kier alpha value is -4.79. The van der Waals surface area contributed by atoms with Crippen molar-refractivity contribution in [2.75, 3.05) is 16.0 Å². The molecule has 37 heavy (non-hydrogen) atoms. The van der Waals surface area contributed by atoms with Gasteiger partial charge >= 0.3 is 0 Å². The largest absolute Gasteiger partial charge is 0.342 e. The molecule has 0 radical (unpaired) electrons. The topological polar surface area (TPSA) is 121 Å². The summed E-state index contributed by atoms with van der Waals surface area (Å²) in [6.45, 7) is 4.01. The van der Waals surface area contributed by atoms with E-state index < -0.39 is 5.41 Å². The number of aryl methyl sites for hydroxylation is 2. The number of nitrogens with one attached hydrogen (secondary N) is 4.